The van der Waals surface area contributed by atoms with Gasteiger partial charge in [-0.05, 0) is 36.4 Å². The van der Waals surface area contributed by atoms with E-state index in [1.807, 2.05) is 48.7 Å². The van der Waals surface area contributed by atoms with E-state index in [-0.39, 0.29) is 5.76 Å². The molecular formula is C21H15ClN4O2. The van der Waals surface area contributed by atoms with E-state index in [1.54, 1.807) is 35.2 Å². The Hall–Kier alpha value is -3.64. The number of amides is 1. The molecule has 28 heavy (non-hydrogen) atoms. The molecule has 6 nitrogen and oxygen atoms in total. The van der Waals surface area contributed by atoms with Crippen LogP contribution in [0, 0.1) is 0 Å². The van der Waals surface area contributed by atoms with Crippen molar-refractivity contribution in [2.45, 2.75) is 0 Å². The second kappa shape index (κ2) is 7.94. The van der Waals surface area contributed by atoms with Crippen LogP contribution in [-0.2, 0) is 0 Å². The van der Waals surface area contributed by atoms with Crippen molar-refractivity contribution in [1.29, 1.82) is 0 Å². The summed E-state index contributed by atoms with van der Waals surface area (Å²) in [5.74, 6) is -0.236. The van der Waals surface area contributed by atoms with Gasteiger partial charge in [-0.3, -0.25) is 4.79 Å². The maximum atomic E-state index is 12.0. The first-order valence-electron chi connectivity index (χ1n) is 8.48. The Bertz CT molecular complexity index is 1100. The van der Waals surface area contributed by atoms with Crippen LogP contribution in [0.2, 0.25) is 5.02 Å². The van der Waals surface area contributed by atoms with Crippen LogP contribution in [0.25, 0.3) is 16.9 Å². The minimum absolute atomic E-state index is 0.190. The van der Waals surface area contributed by atoms with Crippen LogP contribution in [0.3, 0.4) is 0 Å². The summed E-state index contributed by atoms with van der Waals surface area (Å²) in [7, 11) is 0. The summed E-state index contributed by atoms with van der Waals surface area (Å²) >= 11 is 6.00. The van der Waals surface area contributed by atoms with Crippen LogP contribution in [0.15, 0.2) is 88.7 Å². The zero-order valence-electron chi connectivity index (χ0n) is 14.6. The number of carbonyl (C=O) groups is 1. The maximum Gasteiger partial charge on any atom is 0.307 e. The van der Waals surface area contributed by atoms with Gasteiger partial charge in [0, 0.05) is 22.3 Å². The molecular weight excluding hydrogens is 376 g/mol. The number of halogens is 1. The number of para-hydroxylation sites is 1. The van der Waals surface area contributed by atoms with Gasteiger partial charge in [-0.15, -0.1) is 0 Å². The number of nitrogens with one attached hydrogen (secondary N) is 1. The van der Waals surface area contributed by atoms with Gasteiger partial charge in [-0.2, -0.15) is 10.2 Å². The average molecular weight is 391 g/mol. The lowest BCUT2D eigenvalue weighted by Crippen LogP contribution is -2.16. The Labute approximate surface area is 166 Å². The van der Waals surface area contributed by atoms with E-state index in [4.69, 9.17) is 16.0 Å². The molecule has 7 heteroatoms. The summed E-state index contributed by atoms with van der Waals surface area (Å²) < 4.78 is 6.81. The number of hydrazone groups is 1. The Kier molecular flexibility index (Phi) is 5.03. The van der Waals surface area contributed by atoms with Crippen molar-refractivity contribution in [3.05, 3.63) is 95.5 Å². The SMILES string of the molecule is O=C(NN=Cc1cn(-c2ccccc2)nc1-c1ccc(Cl)cc1)c1ccco1. The minimum Gasteiger partial charge on any atom is -0.459 e. The van der Waals surface area contributed by atoms with E-state index in [1.165, 1.54) is 6.26 Å². The number of furan rings is 1. The molecule has 0 aliphatic carbocycles. The van der Waals surface area contributed by atoms with Crippen LogP contribution >= 0.6 is 11.6 Å². The molecule has 1 N–H and O–H groups in total. The molecule has 0 saturated heterocycles. The molecule has 0 fully saturated rings. The lowest BCUT2D eigenvalue weighted by Gasteiger charge is -2.00. The van der Waals surface area contributed by atoms with Gasteiger partial charge in [-0.25, -0.2) is 10.1 Å². The van der Waals surface area contributed by atoms with Crippen molar-refractivity contribution in [3.63, 3.8) is 0 Å². The maximum absolute atomic E-state index is 12.0. The number of rotatable bonds is 5. The van der Waals surface area contributed by atoms with E-state index in [2.05, 4.69) is 15.6 Å². The predicted molar refractivity (Wildman–Crippen MR) is 108 cm³/mol. The highest BCUT2D eigenvalue weighted by molar-refractivity contribution is 6.30. The molecule has 1 amide bonds. The molecule has 0 aliphatic heterocycles. The number of hydrogen-bond acceptors (Lipinski definition) is 4. The van der Waals surface area contributed by atoms with Crippen molar-refractivity contribution >= 4 is 23.7 Å². The van der Waals surface area contributed by atoms with Gasteiger partial charge in [-0.1, -0.05) is 41.9 Å². The zero-order chi connectivity index (χ0) is 19.3. The molecule has 2 heterocycles. The Morgan fingerprint density at radius 3 is 2.57 bits per heavy atom. The monoisotopic (exact) mass is 390 g/mol. The summed E-state index contributed by atoms with van der Waals surface area (Å²) in [5.41, 5.74) is 5.71. The fourth-order valence-corrected chi connectivity index (χ4v) is 2.78. The summed E-state index contributed by atoms with van der Waals surface area (Å²) in [5, 5.41) is 9.37. The highest BCUT2D eigenvalue weighted by Crippen LogP contribution is 2.24. The predicted octanol–water partition coefficient (Wildman–Crippen LogP) is 4.55. The average Bonchev–Trinajstić information content (AvgIpc) is 3.40. The van der Waals surface area contributed by atoms with Crippen molar-refractivity contribution < 1.29 is 9.21 Å². The van der Waals surface area contributed by atoms with Gasteiger partial charge in [0.25, 0.3) is 0 Å². The molecule has 0 unspecified atom stereocenters. The number of hydrogen-bond donors (Lipinski definition) is 1. The van der Waals surface area contributed by atoms with Crippen LogP contribution in [0.1, 0.15) is 16.1 Å². The van der Waals surface area contributed by atoms with Gasteiger partial charge in [0.05, 0.1) is 18.2 Å². The van der Waals surface area contributed by atoms with Crippen LogP contribution in [0.5, 0.6) is 0 Å². The van der Waals surface area contributed by atoms with Crippen LogP contribution < -0.4 is 5.43 Å². The lowest BCUT2D eigenvalue weighted by atomic mass is 10.1. The largest absolute Gasteiger partial charge is 0.459 e. The topological polar surface area (TPSA) is 72.4 Å². The quantitative estimate of drug-likeness (QED) is 0.401. The lowest BCUT2D eigenvalue weighted by molar-refractivity contribution is 0.0927. The van der Waals surface area contributed by atoms with Crippen molar-refractivity contribution in [2.75, 3.05) is 0 Å². The number of nitrogens with zero attached hydrogens (tertiary/aromatic N) is 3. The fourth-order valence-electron chi connectivity index (χ4n) is 2.65. The fraction of sp³-hybridized carbons (Fsp3) is 0. The number of carbonyl (C=O) groups excluding carboxylic acids is 1. The highest BCUT2D eigenvalue weighted by Gasteiger charge is 2.12. The third-order valence-corrected chi connectivity index (χ3v) is 4.25. The first-order valence-corrected chi connectivity index (χ1v) is 8.86. The molecule has 0 bridgehead atoms. The van der Waals surface area contributed by atoms with Gasteiger partial charge in [0.1, 0.15) is 5.69 Å². The van der Waals surface area contributed by atoms with Gasteiger partial charge in [0.15, 0.2) is 5.76 Å². The molecule has 4 aromatic rings. The summed E-state index contributed by atoms with van der Waals surface area (Å²) in [4.78, 5) is 12.0. The van der Waals surface area contributed by atoms with Gasteiger partial charge in [0.2, 0.25) is 0 Å². The van der Waals surface area contributed by atoms with Crippen molar-refractivity contribution in [1.82, 2.24) is 15.2 Å². The van der Waals surface area contributed by atoms with E-state index in [0.717, 1.165) is 22.5 Å². The molecule has 2 aromatic carbocycles. The normalized spacial score (nSPS) is 11.0. The number of benzene rings is 2. The van der Waals surface area contributed by atoms with Crippen LogP contribution in [0.4, 0.5) is 0 Å². The van der Waals surface area contributed by atoms with E-state index < -0.39 is 5.91 Å². The number of aromatic nitrogens is 2. The van der Waals surface area contributed by atoms with Crippen LogP contribution in [-0.4, -0.2) is 21.9 Å². The van der Waals surface area contributed by atoms with Crippen molar-refractivity contribution in [3.8, 4) is 16.9 Å². The Balaban J connectivity index is 1.66. The first kappa shape index (κ1) is 17.8. The molecule has 0 saturated carbocycles. The van der Waals surface area contributed by atoms with E-state index in [0.29, 0.717) is 5.02 Å². The zero-order valence-corrected chi connectivity index (χ0v) is 15.4. The Morgan fingerprint density at radius 2 is 1.86 bits per heavy atom. The van der Waals surface area contributed by atoms with Gasteiger partial charge < -0.3 is 4.42 Å². The Morgan fingerprint density at radius 1 is 1.07 bits per heavy atom. The third kappa shape index (κ3) is 3.87. The smallest absolute Gasteiger partial charge is 0.307 e. The molecule has 4 rings (SSSR count). The van der Waals surface area contributed by atoms with E-state index in [9.17, 15) is 4.79 Å². The second-order valence-electron chi connectivity index (χ2n) is 5.90. The molecule has 138 valence electrons. The third-order valence-electron chi connectivity index (χ3n) is 4.00. The highest BCUT2D eigenvalue weighted by atomic mass is 35.5. The molecule has 0 spiro atoms. The van der Waals surface area contributed by atoms with Crippen molar-refractivity contribution in [2.24, 2.45) is 5.10 Å². The molecule has 0 atom stereocenters. The molecule has 0 radical (unpaired) electrons. The second-order valence-corrected chi connectivity index (χ2v) is 6.33. The minimum atomic E-state index is -0.426. The van der Waals surface area contributed by atoms with Gasteiger partial charge >= 0.3 is 5.91 Å². The molecule has 2 aromatic heterocycles. The molecule has 0 aliphatic rings. The summed E-state index contributed by atoms with van der Waals surface area (Å²) in [6.45, 7) is 0. The first-order chi connectivity index (χ1) is 13.7. The standard InChI is InChI=1S/C21H15ClN4O2/c22-17-10-8-15(9-11-17)20-16(13-23-24-21(27)19-7-4-12-28-19)14-26(25-20)18-5-2-1-3-6-18/h1-14H,(H,24,27). The summed E-state index contributed by atoms with van der Waals surface area (Å²) in [6, 6.07) is 20.3. The van der Waals surface area contributed by atoms with E-state index >= 15 is 0 Å². The summed E-state index contributed by atoms with van der Waals surface area (Å²) in [6.07, 6.45) is 4.83.